The largest absolute Gasteiger partial charge is 0.497 e. The topological polar surface area (TPSA) is 9.23 Å². The number of rotatable bonds is 3. The van der Waals surface area contributed by atoms with Gasteiger partial charge in [0.1, 0.15) is 5.75 Å². The number of ether oxygens (including phenoxy) is 1. The van der Waals surface area contributed by atoms with Crippen LogP contribution in [0.5, 0.6) is 5.75 Å². The van der Waals surface area contributed by atoms with E-state index in [1.807, 2.05) is 0 Å². The first-order valence-electron chi connectivity index (χ1n) is 8.63. The summed E-state index contributed by atoms with van der Waals surface area (Å²) in [6.07, 6.45) is 2.35. The van der Waals surface area contributed by atoms with Crippen LogP contribution in [0.1, 0.15) is 40.5 Å². The Morgan fingerprint density at radius 2 is 1.46 bits per heavy atom. The fourth-order valence-electron chi connectivity index (χ4n) is 4.04. The average Bonchev–Trinajstić information content (AvgIpc) is 2.68. The molecule has 2 atom stereocenters. The zero-order valence-corrected chi connectivity index (χ0v) is 14.0. The van der Waals surface area contributed by atoms with Gasteiger partial charge in [-0.05, 0) is 53.1 Å². The molecule has 0 fully saturated rings. The first kappa shape index (κ1) is 15.0. The van der Waals surface area contributed by atoms with Crippen molar-refractivity contribution in [2.75, 3.05) is 7.11 Å². The molecule has 0 saturated heterocycles. The van der Waals surface area contributed by atoms with Crippen LogP contribution in [-0.4, -0.2) is 7.11 Å². The molecule has 1 aliphatic carbocycles. The predicted octanol–water partition coefficient (Wildman–Crippen LogP) is 5.56. The monoisotopic (exact) mass is 314 g/mol. The van der Waals surface area contributed by atoms with E-state index in [-0.39, 0.29) is 0 Å². The summed E-state index contributed by atoms with van der Waals surface area (Å²) in [6, 6.07) is 28.5. The number of methoxy groups -OCH3 is 1. The Balaban J connectivity index is 1.82. The van der Waals surface area contributed by atoms with E-state index in [1.165, 1.54) is 28.7 Å². The smallest absolute Gasteiger partial charge is 0.118 e. The van der Waals surface area contributed by atoms with Gasteiger partial charge in [0.25, 0.3) is 0 Å². The molecule has 0 unspecified atom stereocenters. The summed E-state index contributed by atoms with van der Waals surface area (Å²) in [5, 5.41) is 0. The van der Waals surface area contributed by atoms with Gasteiger partial charge in [-0.2, -0.15) is 0 Å². The van der Waals surface area contributed by atoms with Crippen molar-refractivity contribution in [1.29, 1.82) is 0 Å². The van der Waals surface area contributed by atoms with E-state index in [9.17, 15) is 0 Å². The maximum Gasteiger partial charge on any atom is 0.118 e. The first-order valence-corrected chi connectivity index (χ1v) is 8.63. The van der Waals surface area contributed by atoms with Gasteiger partial charge in [0.05, 0.1) is 7.11 Å². The summed E-state index contributed by atoms with van der Waals surface area (Å²) in [4.78, 5) is 0. The Bertz CT molecular complexity index is 805. The molecule has 0 aromatic heterocycles. The summed E-state index contributed by atoms with van der Waals surface area (Å²) in [5.41, 5.74) is 5.78. The third kappa shape index (κ3) is 2.71. The number of aryl methyl sites for hydroxylation is 1. The lowest BCUT2D eigenvalue weighted by atomic mass is 9.69. The van der Waals surface area contributed by atoms with Crippen LogP contribution in [0.2, 0.25) is 0 Å². The number of benzene rings is 3. The number of fused-ring (bicyclic) bond motifs is 1. The molecule has 4 rings (SSSR count). The van der Waals surface area contributed by atoms with Gasteiger partial charge in [-0.3, -0.25) is 0 Å². The van der Waals surface area contributed by atoms with E-state index >= 15 is 0 Å². The Morgan fingerprint density at radius 1 is 0.750 bits per heavy atom. The molecular weight excluding hydrogens is 292 g/mol. The van der Waals surface area contributed by atoms with Gasteiger partial charge < -0.3 is 4.74 Å². The van der Waals surface area contributed by atoms with Crippen molar-refractivity contribution in [3.63, 3.8) is 0 Å². The molecule has 120 valence electrons. The summed E-state index contributed by atoms with van der Waals surface area (Å²) in [5.74, 6) is 1.84. The lowest BCUT2D eigenvalue weighted by Crippen LogP contribution is -2.20. The second-order valence-corrected chi connectivity index (χ2v) is 6.51. The van der Waals surface area contributed by atoms with Crippen molar-refractivity contribution in [2.45, 2.75) is 24.7 Å². The average molecular weight is 314 g/mol. The van der Waals surface area contributed by atoms with Crippen LogP contribution in [0.3, 0.4) is 0 Å². The zero-order valence-electron chi connectivity index (χ0n) is 14.0. The molecule has 0 spiro atoms. The minimum Gasteiger partial charge on any atom is -0.497 e. The summed E-state index contributed by atoms with van der Waals surface area (Å²) < 4.78 is 5.34. The quantitative estimate of drug-likeness (QED) is 0.615. The highest BCUT2D eigenvalue weighted by Gasteiger charge is 2.31. The molecule has 3 aromatic rings. The second-order valence-electron chi connectivity index (χ2n) is 6.51. The van der Waals surface area contributed by atoms with Gasteiger partial charge in [-0.25, -0.2) is 0 Å². The molecule has 0 saturated carbocycles. The predicted molar refractivity (Wildman–Crippen MR) is 98.8 cm³/mol. The molecule has 1 nitrogen and oxygen atoms in total. The Labute approximate surface area is 143 Å². The molecule has 1 heteroatoms. The summed E-state index contributed by atoms with van der Waals surface area (Å²) in [6.45, 7) is 0. The van der Waals surface area contributed by atoms with Gasteiger partial charge in [-0.15, -0.1) is 0 Å². The maximum absolute atomic E-state index is 5.34. The van der Waals surface area contributed by atoms with E-state index in [2.05, 4.69) is 78.9 Å². The Hall–Kier alpha value is -2.54. The van der Waals surface area contributed by atoms with Crippen LogP contribution in [-0.2, 0) is 6.42 Å². The molecule has 0 aliphatic heterocycles. The molecular formula is C23H22O. The lowest BCUT2D eigenvalue weighted by Gasteiger charge is -2.34. The fraction of sp³-hybridized carbons (Fsp3) is 0.217. The van der Waals surface area contributed by atoms with Crippen LogP contribution >= 0.6 is 0 Å². The van der Waals surface area contributed by atoms with E-state index in [4.69, 9.17) is 4.74 Å². The van der Waals surface area contributed by atoms with Crippen LogP contribution in [0.4, 0.5) is 0 Å². The third-order valence-electron chi connectivity index (χ3n) is 5.22. The van der Waals surface area contributed by atoms with Gasteiger partial charge in [0.15, 0.2) is 0 Å². The van der Waals surface area contributed by atoms with Crippen molar-refractivity contribution < 1.29 is 4.74 Å². The third-order valence-corrected chi connectivity index (χ3v) is 5.22. The van der Waals surface area contributed by atoms with Gasteiger partial charge in [0.2, 0.25) is 0 Å². The lowest BCUT2D eigenvalue weighted by molar-refractivity contribution is 0.414. The minimum absolute atomic E-state index is 0.406. The molecule has 0 heterocycles. The number of hydrogen-bond donors (Lipinski definition) is 0. The van der Waals surface area contributed by atoms with Crippen LogP contribution in [0, 0.1) is 0 Å². The summed E-state index contributed by atoms with van der Waals surface area (Å²) >= 11 is 0. The standard InChI is InChI=1S/C23H22O/c1-24-20-14-11-19(12-15-20)23-21-10-6-5-9-18(21)13-16-22(23)17-7-3-2-4-8-17/h2-12,14-15,22-23H,13,16H2,1H3/t22-,23-/m1/s1. The molecule has 0 bridgehead atoms. The van der Waals surface area contributed by atoms with Gasteiger partial charge in [0, 0.05) is 5.92 Å². The molecule has 0 amide bonds. The molecule has 0 radical (unpaired) electrons. The highest BCUT2D eigenvalue weighted by molar-refractivity contribution is 5.45. The maximum atomic E-state index is 5.34. The van der Waals surface area contributed by atoms with Crippen molar-refractivity contribution in [1.82, 2.24) is 0 Å². The Kier molecular flexibility index (Phi) is 4.08. The first-order chi connectivity index (χ1) is 11.9. The Morgan fingerprint density at radius 3 is 2.21 bits per heavy atom. The van der Waals surface area contributed by atoms with E-state index in [0.29, 0.717) is 11.8 Å². The van der Waals surface area contributed by atoms with Gasteiger partial charge in [-0.1, -0.05) is 66.7 Å². The van der Waals surface area contributed by atoms with Crippen LogP contribution in [0.25, 0.3) is 0 Å². The fourth-order valence-corrected chi connectivity index (χ4v) is 4.04. The number of hydrogen-bond acceptors (Lipinski definition) is 1. The SMILES string of the molecule is COc1ccc([C@@H]2c3ccccc3CC[C@@H]2c2ccccc2)cc1. The molecule has 0 N–H and O–H groups in total. The van der Waals surface area contributed by atoms with E-state index in [0.717, 1.165) is 12.2 Å². The summed E-state index contributed by atoms with van der Waals surface area (Å²) in [7, 11) is 1.72. The molecule has 1 aliphatic rings. The second kappa shape index (κ2) is 6.52. The highest BCUT2D eigenvalue weighted by Crippen LogP contribution is 2.46. The van der Waals surface area contributed by atoms with Crippen molar-refractivity contribution in [3.05, 3.63) is 101 Å². The molecule has 3 aromatic carbocycles. The van der Waals surface area contributed by atoms with E-state index < -0.39 is 0 Å². The van der Waals surface area contributed by atoms with Gasteiger partial charge >= 0.3 is 0 Å². The van der Waals surface area contributed by atoms with Crippen molar-refractivity contribution in [3.8, 4) is 5.75 Å². The molecule has 24 heavy (non-hydrogen) atoms. The zero-order chi connectivity index (χ0) is 16.4. The van der Waals surface area contributed by atoms with Crippen molar-refractivity contribution in [2.24, 2.45) is 0 Å². The minimum atomic E-state index is 0.406. The van der Waals surface area contributed by atoms with Crippen LogP contribution in [0.15, 0.2) is 78.9 Å². The van der Waals surface area contributed by atoms with Crippen molar-refractivity contribution >= 4 is 0 Å². The highest BCUT2D eigenvalue weighted by atomic mass is 16.5. The normalized spacial score (nSPS) is 19.5. The van der Waals surface area contributed by atoms with Crippen LogP contribution < -0.4 is 4.74 Å². The van der Waals surface area contributed by atoms with E-state index in [1.54, 1.807) is 7.11 Å².